The highest BCUT2D eigenvalue weighted by molar-refractivity contribution is 8.00. The van der Waals surface area contributed by atoms with Crippen molar-refractivity contribution >= 4 is 93.0 Å². The number of carboxylic acid groups (broad SMARTS) is 1. The number of imide groups is 1. The highest BCUT2D eigenvalue weighted by Gasteiger charge is 2.40. The van der Waals surface area contributed by atoms with Crippen LogP contribution < -0.4 is 37.3 Å². The molecule has 2 aliphatic rings. The maximum atomic E-state index is 13.8. The van der Waals surface area contributed by atoms with Gasteiger partial charge in [0.1, 0.15) is 40.0 Å². The van der Waals surface area contributed by atoms with Gasteiger partial charge in [0.25, 0.3) is 11.8 Å². The smallest absolute Gasteiger partial charge is 0.321 e. The lowest BCUT2D eigenvalue weighted by atomic mass is 10.1. The van der Waals surface area contributed by atoms with Gasteiger partial charge in [-0.25, -0.2) is 9.97 Å². The van der Waals surface area contributed by atoms with E-state index in [0.717, 1.165) is 16.7 Å². The number of benzene rings is 2. The molecule has 2 aromatic carbocycles. The van der Waals surface area contributed by atoms with Crippen LogP contribution in [0.4, 0.5) is 11.9 Å². The van der Waals surface area contributed by atoms with Crippen LogP contribution in [0.25, 0.3) is 22.1 Å². The highest BCUT2D eigenvalue weighted by atomic mass is 32.2. The molecule has 27 nitrogen and oxygen atoms in total. The Bertz CT molecular complexity index is 3390. The molecule has 412 valence electrons. The van der Waals surface area contributed by atoms with Gasteiger partial charge in [-0.05, 0) is 57.2 Å². The van der Waals surface area contributed by atoms with E-state index >= 15 is 0 Å². The molecule has 2 saturated heterocycles. The van der Waals surface area contributed by atoms with Gasteiger partial charge in [0.05, 0.1) is 54.1 Å². The zero-order valence-electron chi connectivity index (χ0n) is 43.4. The molecule has 78 heavy (non-hydrogen) atoms. The van der Waals surface area contributed by atoms with Gasteiger partial charge in [-0.1, -0.05) is 12.2 Å². The first-order chi connectivity index (χ1) is 37.2. The molecule has 2 aliphatic heterocycles. The number of nitrogens with two attached hydrogens (primary N) is 3. The Hall–Kier alpha value is -8.63. The van der Waals surface area contributed by atoms with Crippen LogP contribution in [-0.2, 0) is 50.6 Å². The number of ether oxygens (including phenoxy) is 3. The average Bonchev–Trinajstić information content (AvgIpc) is 4.31. The zero-order valence-corrected chi connectivity index (χ0v) is 44.2. The van der Waals surface area contributed by atoms with E-state index in [2.05, 4.69) is 25.8 Å². The topological polar surface area (TPSA) is 364 Å². The van der Waals surface area contributed by atoms with Gasteiger partial charge in [0.2, 0.25) is 41.4 Å². The predicted molar refractivity (Wildman–Crippen MR) is 283 cm³/mol. The van der Waals surface area contributed by atoms with E-state index in [1.165, 1.54) is 36.1 Å². The van der Waals surface area contributed by atoms with Crippen molar-refractivity contribution in [2.75, 3.05) is 56.3 Å². The number of carbonyl (C=O) groups is 8. The quantitative estimate of drug-likeness (QED) is 0.0269. The molecule has 6 heterocycles. The fourth-order valence-electron chi connectivity index (χ4n) is 8.95. The van der Waals surface area contributed by atoms with E-state index in [9.17, 15) is 38.4 Å². The summed E-state index contributed by atoms with van der Waals surface area (Å²) < 4.78 is 24.4. The molecule has 6 aromatic rings. The molecule has 4 aromatic heterocycles. The number of allylic oxidation sites excluding steroid dienone is 2. The molecule has 0 bridgehead atoms. The number of primary amides is 2. The largest absolute Gasteiger partial charge is 0.494 e. The van der Waals surface area contributed by atoms with Crippen molar-refractivity contribution in [2.24, 2.45) is 24.2 Å². The SMILES string of the molecule is CCn1nc(C)cc1C(=O)Nc1nc2cc(C(N)=O)cc(OC)c2n1C/C=C/Cn1c(NC(=O)c2cc(C)nn2C)nc2cc(C(N)=O)cc(OCCCOC3CN(C(=O)CCN4C(=O)CC(SC[C@H](N)C(=O)O)C4=O)C3)c21. The molecule has 1 unspecified atom stereocenters. The Labute approximate surface area is 449 Å². The number of hydrogen-bond donors (Lipinski definition) is 6. The van der Waals surface area contributed by atoms with E-state index in [-0.39, 0.29) is 109 Å². The molecule has 8 rings (SSSR count). The van der Waals surface area contributed by atoms with Gasteiger partial charge in [-0.3, -0.25) is 63.3 Å². The molecule has 0 spiro atoms. The summed E-state index contributed by atoms with van der Waals surface area (Å²) in [6.07, 6.45) is 3.52. The summed E-state index contributed by atoms with van der Waals surface area (Å²) in [5, 5.41) is 22.8. The lowest BCUT2D eigenvalue weighted by Crippen LogP contribution is -2.55. The summed E-state index contributed by atoms with van der Waals surface area (Å²) in [6.45, 7) is 6.85. The monoisotopic (exact) mass is 1090 g/mol. The third kappa shape index (κ3) is 12.1. The molecule has 28 heteroatoms. The maximum Gasteiger partial charge on any atom is 0.321 e. The van der Waals surface area contributed by atoms with Gasteiger partial charge in [0.15, 0.2) is 0 Å². The predicted octanol–water partition coefficient (Wildman–Crippen LogP) is 1.58. The number of rotatable bonds is 25. The van der Waals surface area contributed by atoms with E-state index in [1.54, 1.807) is 63.9 Å². The minimum atomic E-state index is -1.21. The van der Waals surface area contributed by atoms with Gasteiger partial charge >= 0.3 is 5.97 Å². The van der Waals surface area contributed by atoms with Crippen LogP contribution in [0, 0.1) is 13.8 Å². The Kier molecular flexibility index (Phi) is 16.9. The van der Waals surface area contributed by atoms with E-state index < -0.39 is 52.7 Å². The second-order valence-corrected chi connectivity index (χ2v) is 19.7. The number of carbonyl (C=O) groups excluding carboxylic acids is 7. The van der Waals surface area contributed by atoms with Crippen LogP contribution in [0.3, 0.4) is 0 Å². The fraction of sp³-hybridized carbons (Fsp3) is 0.400. The van der Waals surface area contributed by atoms with Crippen molar-refractivity contribution in [1.29, 1.82) is 0 Å². The minimum Gasteiger partial charge on any atom is -0.494 e. The summed E-state index contributed by atoms with van der Waals surface area (Å²) in [5.41, 5.74) is 20.5. The number of fused-ring (bicyclic) bond motifs is 2. The standard InChI is InChI=1S/C50H59N15O12S/c1-6-65-35(17-27(3)59-65)46(71)57-50-54-32-18-28(43(52)68)20-36(75-5)41(32)63(50)11-7-8-12-64-42-33(55-49(64)56-45(70)34-16-26(2)58-60(34)4)19-29(44(53)69)21-37(42)77-15-9-14-76-30-23-61(24-30)39(66)10-13-62-40(67)22-38(47(62)72)78-25-31(51)48(73)74/h7-8,16-21,30-31,38H,6,9-15,22-25,51H2,1-5H3,(H2,52,68)(H2,53,69)(H,73,74)(H,54,57,71)(H,55,56,70)/b8-7+/t31-,38?/m0/s1. The molecule has 2 atom stereocenters. The number of nitrogens with zero attached hydrogens (tertiary/aromatic N) is 10. The van der Waals surface area contributed by atoms with Crippen molar-refractivity contribution < 1.29 is 57.7 Å². The Morgan fingerprint density at radius 3 is 1.97 bits per heavy atom. The van der Waals surface area contributed by atoms with Crippen molar-refractivity contribution in [3.63, 3.8) is 0 Å². The Morgan fingerprint density at radius 2 is 1.41 bits per heavy atom. The fourth-order valence-corrected chi connectivity index (χ4v) is 10.1. The third-order valence-corrected chi connectivity index (χ3v) is 14.2. The van der Waals surface area contributed by atoms with Crippen molar-refractivity contribution in [3.8, 4) is 11.5 Å². The van der Waals surface area contributed by atoms with Crippen molar-refractivity contribution in [3.05, 3.63) is 82.5 Å². The van der Waals surface area contributed by atoms with Crippen LogP contribution in [-0.4, -0.2) is 164 Å². The van der Waals surface area contributed by atoms with Crippen molar-refractivity contribution in [2.45, 2.75) is 77.1 Å². The third-order valence-electron chi connectivity index (χ3n) is 12.9. The molecule has 0 radical (unpaired) electrons. The van der Waals surface area contributed by atoms with Crippen LogP contribution in [0.1, 0.15) is 79.3 Å². The van der Waals surface area contributed by atoms with Gasteiger partial charge < -0.3 is 50.6 Å². The summed E-state index contributed by atoms with van der Waals surface area (Å²) in [4.78, 5) is 114. The van der Waals surface area contributed by atoms with E-state index in [4.69, 9.17) is 41.5 Å². The maximum absolute atomic E-state index is 13.8. The van der Waals surface area contributed by atoms with E-state index in [0.29, 0.717) is 59.7 Å². The minimum absolute atomic E-state index is 0.0328. The normalized spacial score (nSPS) is 15.1. The highest BCUT2D eigenvalue weighted by Crippen LogP contribution is 2.34. The summed E-state index contributed by atoms with van der Waals surface area (Å²) >= 11 is 1.01. The zero-order chi connectivity index (χ0) is 56.1. The number of aryl methyl sites for hydroxylation is 4. The number of aliphatic carboxylic acids is 1. The van der Waals surface area contributed by atoms with Gasteiger partial charge in [-0.15, -0.1) is 11.8 Å². The lowest BCUT2D eigenvalue weighted by molar-refractivity contribution is -0.146. The van der Waals surface area contributed by atoms with Gasteiger partial charge in [-0.2, -0.15) is 10.2 Å². The molecule has 7 amide bonds. The number of carboxylic acids is 1. The number of likely N-dealkylation sites (tertiary alicyclic amines) is 2. The first kappa shape index (κ1) is 55.6. The van der Waals surface area contributed by atoms with Crippen LogP contribution in [0.15, 0.2) is 48.6 Å². The number of thioether (sulfide) groups is 1. The first-order valence-corrected chi connectivity index (χ1v) is 25.8. The average molecular weight is 1090 g/mol. The Morgan fingerprint density at radius 1 is 0.833 bits per heavy atom. The molecular weight excluding hydrogens is 1030 g/mol. The molecular formula is C50H59N15O12S. The number of imidazole rings is 2. The number of nitrogens with one attached hydrogen (secondary N) is 2. The van der Waals surface area contributed by atoms with Crippen LogP contribution >= 0.6 is 11.8 Å². The van der Waals surface area contributed by atoms with Gasteiger partial charge in [0, 0.05) is 82.5 Å². The first-order valence-electron chi connectivity index (χ1n) is 24.8. The number of amides is 7. The molecule has 0 saturated carbocycles. The van der Waals surface area contributed by atoms with Crippen molar-refractivity contribution in [1.82, 2.24) is 48.5 Å². The summed E-state index contributed by atoms with van der Waals surface area (Å²) in [5.74, 6) is -4.10. The number of anilines is 2. The van der Waals surface area contributed by atoms with Crippen LogP contribution in [0.2, 0.25) is 0 Å². The lowest BCUT2D eigenvalue weighted by Gasteiger charge is -2.39. The summed E-state index contributed by atoms with van der Waals surface area (Å²) in [7, 11) is 3.07. The Balaban J connectivity index is 0.968. The number of methoxy groups -OCH3 is 1. The molecule has 2 fully saturated rings. The second-order valence-electron chi connectivity index (χ2n) is 18.5. The number of hydrogen-bond acceptors (Lipinski definition) is 17. The molecule has 9 N–H and O–H groups in total. The van der Waals surface area contributed by atoms with Crippen LogP contribution in [0.5, 0.6) is 11.5 Å². The summed E-state index contributed by atoms with van der Waals surface area (Å²) in [6, 6.07) is 8.08. The molecule has 0 aliphatic carbocycles. The van der Waals surface area contributed by atoms with E-state index in [1.807, 2.05) is 6.92 Å². The number of aromatic nitrogens is 8. The second kappa shape index (κ2) is 23.7.